The summed E-state index contributed by atoms with van der Waals surface area (Å²) in [4.78, 5) is 70.8. The molecule has 0 saturated carbocycles. The van der Waals surface area contributed by atoms with Crippen LogP contribution >= 0.6 is 0 Å². The molecule has 0 saturated heterocycles. The van der Waals surface area contributed by atoms with Gasteiger partial charge in [-0.3, -0.25) is 24.0 Å². The largest absolute Gasteiger partial charge is 0.481 e. The van der Waals surface area contributed by atoms with Crippen LogP contribution in [0.2, 0.25) is 0 Å². The zero-order valence-electron chi connectivity index (χ0n) is 19.2. The Labute approximate surface area is 191 Å². The summed E-state index contributed by atoms with van der Waals surface area (Å²) >= 11 is 0. The second-order valence-corrected chi connectivity index (χ2v) is 8.46. The molecule has 0 aliphatic heterocycles. The number of aliphatic carboxylic acids is 3. The Kier molecular flexibility index (Phi) is 12.7. The Morgan fingerprint density at radius 1 is 0.758 bits per heavy atom. The van der Waals surface area contributed by atoms with Gasteiger partial charge in [0.15, 0.2) is 0 Å². The van der Waals surface area contributed by atoms with E-state index in [9.17, 15) is 33.9 Å². The molecule has 4 atom stereocenters. The SMILES string of the molecule is CC(C)C[C@H](NC(=O)[C@@H](NC(=O)[C@H](CCC(=O)O)NC(=O)[C@@H](N)CC(=O)O)C(C)C)C(=O)O. The van der Waals surface area contributed by atoms with Gasteiger partial charge in [-0.2, -0.15) is 0 Å². The van der Waals surface area contributed by atoms with E-state index in [4.69, 9.17) is 15.9 Å². The van der Waals surface area contributed by atoms with Crippen LogP contribution in [0, 0.1) is 11.8 Å². The summed E-state index contributed by atoms with van der Waals surface area (Å²) in [7, 11) is 0. The summed E-state index contributed by atoms with van der Waals surface area (Å²) in [6.07, 6.45) is -1.38. The molecule has 0 aromatic rings. The number of hydrogen-bond acceptors (Lipinski definition) is 7. The first-order chi connectivity index (χ1) is 15.1. The molecule has 0 unspecified atom stereocenters. The predicted molar refractivity (Wildman–Crippen MR) is 115 cm³/mol. The molecule has 188 valence electrons. The second kappa shape index (κ2) is 14.0. The molecule has 0 radical (unpaired) electrons. The summed E-state index contributed by atoms with van der Waals surface area (Å²) in [5.74, 6) is -6.94. The highest BCUT2D eigenvalue weighted by molar-refractivity contribution is 5.95. The summed E-state index contributed by atoms with van der Waals surface area (Å²) in [5, 5.41) is 34.0. The van der Waals surface area contributed by atoms with Crippen LogP contribution in [0.5, 0.6) is 0 Å². The van der Waals surface area contributed by atoms with Crippen molar-refractivity contribution in [1.82, 2.24) is 16.0 Å². The molecule has 0 bridgehead atoms. The van der Waals surface area contributed by atoms with Crippen LogP contribution in [0.25, 0.3) is 0 Å². The number of nitrogens with one attached hydrogen (secondary N) is 3. The predicted octanol–water partition coefficient (Wildman–Crippen LogP) is -1.11. The topological polar surface area (TPSA) is 225 Å². The van der Waals surface area contributed by atoms with Crippen LogP contribution < -0.4 is 21.7 Å². The van der Waals surface area contributed by atoms with Gasteiger partial charge in [0.1, 0.15) is 18.1 Å². The molecule has 8 N–H and O–H groups in total. The Bertz CT molecular complexity index is 739. The number of carboxylic acid groups (broad SMARTS) is 3. The molecule has 33 heavy (non-hydrogen) atoms. The number of carbonyl (C=O) groups is 6. The molecule has 0 fully saturated rings. The van der Waals surface area contributed by atoms with Crippen LogP contribution in [-0.2, 0) is 28.8 Å². The lowest BCUT2D eigenvalue weighted by molar-refractivity contribution is -0.143. The molecular weight excluding hydrogens is 440 g/mol. The maximum atomic E-state index is 12.8. The molecule has 3 amide bonds. The van der Waals surface area contributed by atoms with Crippen molar-refractivity contribution < 1.29 is 44.1 Å². The number of nitrogens with two attached hydrogens (primary N) is 1. The van der Waals surface area contributed by atoms with Gasteiger partial charge in [-0.25, -0.2) is 4.79 Å². The van der Waals surface area contributed by atoms with E-state index in [0.717, 1.165) is 0 Å². The van der Waals surface area contributed by atoms with E-state index in [1.807, 2.05) is 0 Å². The molecule has 0 rings (SSSR count). The Morgan fingerprint density at radius 2 is 1.30 bits per heavy atom. The molecule has 13 heteroatoms. The van der Waals surface area contributed by atoms with Crippen molar-refractivity contribution in [2.75, 3.05) is 0 Å². The minimum Gasteiger partial charge on any atom is -0.481 e. The minimum absolute atomic E-state index is 0.0240. The first kappa shape index (κ1) is 29.8. The van der Waals surface area contributed by atoms with Crippen molar-refractivity contribution in [1.29, 1.82) is 0 Å². The molecule has 0 aromatic heterocycles. The van der Waals surface area contributed by atoms with Crippen molar-refractivity contribution in [3.8, 4) is 0 Å². The summed E-state index contributed by atoms with van der Waals surface area (Å²) < 4.78 is 0. The van der Waals surface area contributed by atoms with Crippen molar-refractivity contribution in [3.63, 3.8) is 0 Å². The number of rotatable bonds is 15. The molecule has 0 spiro atoms. The third kappa shape index (κ3) is 11.8. The summed E-state index contributed by atoms with van der Waals surface area (Å²) in [6, 6.07) is -5.23. The number of amides is 3. The third-order valence-corrected chi connectivity index (χ3v) is 4.58. The molecule has 0 heterocycles. The Morgan fingerprint density at radius 3 is 1.73 bits per heavy atom. The quantitative estimate of drug-likeness (QED) is 0.151. The highest BCUT2D eigenvalue weighted by atomic mass is 16.4. The smallest absolute Gasteiger partial charge is 0.326 e. The van der Waals surface area contributed by atoms with Gasteiger partial charge in [0.05, 0.1) is 12.5 Å². The number of carboxylic acids is 3. The minimum atomic E-state index is -1.47. The zero-order valence-corrected chi connectivity index (χ0v) is 19.2. The average Bonchev–Trinajstić information content (AvgIpc) is 2.66. The Hall–Kier alpha value is -3.22. The van der Waals surface area contributed by atoms with Crippen LogP contribution in [0.3, 0.4) is 0 Å². The van der Waals surface area contributed by atoms with Gasteiger partial charge in [-0.15, -0.1) is 0 Å². The number of hydrogen-bond donors (Lipinski definition) is 7. The first-order valence-corrected chi connectivity index (χ1v) is 10.5. The van der Waals surface area contributed by atoms with E-state index in [1.165, 1.54) is 0 Å². The lowest BCUT2D eigenvalue weighted by Gasteiger charge is -2.27. The lowest BCUT2D eigenvalue weighted by Crippen LogP contribution is -2.58. The van der Waals surface area contributed by atoms with Crippen molar-refractivity contribution >= 4 is 35.6 Å². The fourth-order valence-electron chi connectivity index (χ4n) is 2.84. The standard InChI is InChI=1S/C20H34N4O9/c1-9(2)7-13(20(32)33)23-19(31)16(10(3)4)24-18(30)12(5-6-14(25)26)22-17(29)11(21)8-15(27)28/h9-13,16H,5-8,21H2,1-4H3,(H,22,29)(H,23,31)(H,24,30)(H,25,26)(H,27,28)(H,32,33)/t11-,12-,13-,16-/m0/s1. The van der Waals surface area contributed by atoms with Gasteiger partial charge in [0.25, 0.3) is 0 Å². The lowest BCUT2D eigenvalue weighted by atomic mass is 9.99. The van der Waals surface area contributed by atoms with Crippen molar-refractivity contribution in [2.45, 2.75) is 77.5 Å². The third-order valence-electron chi connectivity index (χ3n) is 4.58. The van der Waals surface area contributed by atoms with Gasteiger partial charge >= 0.3 is 17.9 Å². The normalized spacial score (nSPS) is 14.6. The van der Waals surface area contributed by atoms with Crippen LogP contribution in [-0.4, -0.2) is 75.1 Å². The Balaban J connectivity index is 5.50. The maximum absolute atomic E-state index is 12.8. The van der Waals surface area contributed by atoms with Crippen molar-refractivity contribution in [3.05, 3.63) is 0 Å². The number of carbonyl (C=O) groups excluding carboxylic acids is 3. The van der Waals surface area contributed by atoms with Crippen LogP contribution in [0.15, 0.2) is 0 Å². The first-order valence-electron chi connectivity index (χ1n) is 10.5. The molecule has 0 aromatic carbocycles. The maximum Gasteiger partial charge on any atom is 0.326 e. The molecule has 0 aliphatic rings. The van der Waals surface area contributed by atoms with Gasteiger partial charge in [0.2, 0.25) is 17.7 Å². The van der Waals surface area contributed by atoms with E-state index < -0.39 is 78.6 Å². The highest BCUT2D eigenvalue weighted by Crippen LogP contribution is 2.09. The van der Waals surface area contributed by atoms with Crippen LogP contribution in [0.4, 0.5) is 0 Å². The second-order valence-electron chi connectivity index (χ2n) is 8.46. The van der Waals surface area contributed by atoms with Gasteiger partial charge in [-0.05, 0) is 24.7 Å². The fraction of sp³-hybridized carbons (Fsp3) is 0.700. The average molecular weight is 475 g/mol. The van der Waals surface area contributed by atoms with Gasteiger partial charge in [-0.1, -0.05) is 27.7 Å². The van der Waals surface area contributed by atoms with E-state index in [0.29, 0.717) is 0 Å². The van der Waals surface area contributed by atoms with E-state index in [2.05, 4.69) is 16.0 Å². The summed E-state index contributed by atoms with van der Waals surface area (Å²) in [6.45, 7) is 6.79. The molecule has 13 nitrogen and oxygen atoms in total. The van der Waals surface area contributed by atoms with Crippen LogP contribution in [0.1, 0.15) is 53.4 Å². The van der Waals surface area contributed by atoms with E-state index in [1.54, 1.807) is 27.7 Å². The molecule has 0 aliphatic carbocycles. The summed E-state index contributed by atoms with van der Waals surface area (Å²) in [5.41, 5.74) is 5.48. The fourth-order valence-corrected chi connectivity index (χ4v) is 2.84. The van der Waals surface area contributed by atoms with E-state index >= 15 is 0 Å². The monoisotopic (exact) mass is 474 g/mol. The molecular formula is C20H34N4O9. The van der Waals surface area contributed by atoms with Gasteiger partial charge in [0, 0.05) is 6.42 Å². The van der Waals surface area contributed by atoms with Gasteiger partial charge < -0.3 is 37.0 Å². The van der Waals surface area contributed by atoms with E-state index in [-0.39, 0.29) is 18.8 Å². The highest BCUT2D eigenvalue weighted by Gasteiger charge is 2.32. The zero-order chi connectivity index (χ0) is 25.9. The van der Waals surface area contributed by atoms with Crippen molar-refractivity contribution in [2.24, 2.45) is 17.6 Å².